The van der Waals surface area contributed by atoms with Crippen molar-refractivity contribution in [1.82, 2.24) is 0 Å². The second-order valence-corrected chi connectivity index (χ2v) is 1.68. The van der Waals surface area contributed by atoms with Gasteiger partial charge in [-0.25, -0.2) is 0 Å². The normalized spacial score (nSPS) is 19.8. The lowest BCUT2D eigenvalue weighted by Crippen LogP contribution is -1.71. The second kappa shape index (κ2) is 0.540. The molecule has 1 fully saturated rings. The first kappa shape index (κ1) is 2.37. The summed E-state index contributed by atoms with van der Waals surface area (Å²) in [6.45, 7) is 3.36. The van der Waals surface area contributed by atoms with Crippen LogP contribution in [0.25, 0.3) is 0 Å². The summed E-state index contributed by atoms with van der Waals surface area (Å²) in [5.74, 6) is 0. The van der Waals surface area contributed by atoms with E-state index in [9.17, 15) is 0 Å². The van der Waals surface area contributed by atoms with Gasteiger partial charge >= 0.3 is 0 Å². The maximum Gasteiger partial charge on any atom is 0.0919 e. The van der Waals surface area contributed by atoms with Crippen molar-refractivity contribution in [3.8, 4) is 0 Å². The summed E-state index contributed by atoms with van der Waals surface area (Å²) in [7, 11) is 1.49. The zero-order valence-corrected chi connectivity index (χ0v) is 2.99. The quantitative estimate of drug-likeness (QED) is 0.340. The van der Waals surface area contributed by atoms with Crippen LogP contribution in [0.4, 0.5) is 0 Å². The van der Waals surface area contributed by atoms with E-state index in [-0.39, 0.29) is 0 Å². The number of rotatable bonds is 0. The molecule has 0 bridgehead atoms. The molecule has 0 aromatic rings. The van der Waals surface area contributed by atoms with Gasteiger partial charge in [-0.15, -0.1) is 6.22 Å². The van der Waals surface area contributed by atoms with Crippen LogP contribution in [0.5, 0.6) is 0 Å². The molecule has 0 unspecified atom stereocenters. The van der Waals surface area contributed by atoms with Gasteiger partial charge in [0.2, 0.25) is 0 Å². The van der Waals surface area contributed by atoms with E-state index >= 15 is 0 Å². The van der Waals surface area contributed by atoms with Crippen molar-refractivity contribution in [1.29, 1.82) is 0 Å². The highest BCUT2D eigenvalue weighted by Gasteiger charge is 2.19. The molecular weight excluding hydrogens is 45.6 g/mol. The summed E-state index contributed by atoms with van der Waals surface area (Å²) in [6.07, 6.45) is 1.49. The molecular formula is C2H6B2. The van der Waals surface area contributed by atoms with Crippen LogP contribution in [0.3, 0.4) is 0 Å². The first-order valence-corrected chi connectivity index (χ1v) is 1.89. The lowest BCUT2D eigenvalue weighted by molar-refractivity contribution is 2.11. The lowest BCUT2D eigenvalue weighted by atomic mass is 9.57. The Morgan fingerprint density at radius 3 is 2.25 bits per heavy atom. The third-order valence-corrected chi connectivity index (χ3v) is 0.866. The standard InChI is InChI=1S/C2H6B2/c1-4-2-3-4/h3H,2H2,1H3. The molecule has 0 atom stereocenters. The molecule has 4 heavy (non-hydrogen) atoms. The van der Waals surface area contributed by atoms with Crippen LogP contribution < -0.4 is 0 Å². The topological polar surface area (TPSA) is 0 Å². The smallest absolute Gasteiger partial charge is 0.0919 e. The zero-order valence-electron chi connectivity index (χ0n) is 2.99. The van der Waals surface area contributed by atoms with Crippen LogP contribution in [0, 0.1) is 0 Å². The van der Waals surface area contributed by atoms with Crippen LogP contribution in [0.1, 0.15) is 0 Å². The fraction of sp³-hybridized carbons (Fsp3) is 1.00. The molecule has 1 heterocycles. The fourth-order valence-electron chi connectivity index (χ4n) is 0.167. The van der Waals surface area contributed by atoms with Crippen molar-refractivity contribution >= 4 is 13.8 Å². The van der Waals surface area contributed by atoms with Gasteiger partial charge < -0.3 is 0 Å². The summed E-state index contributed by atoms with van der Waals surface area (Å²) in [6, 6.07) is 0. The van der Waals surface area contributed by atoms with Crippen molar-refractivity contribution in [2.75, 3.05) is 0 Å². The van der Waals surface area contributed by atoms with E-state index in [1.165, 1.54) is 13.4 Å². The van der Waals surface area contributed by atoms with Gasteiger partial charge in [0.1, 0.15) is 0 Å². The predicted octanol–water partition coefficient (Wildman–Crippen LogP) is 0.0153. The monoisotopic (exact) mass is 52.1 g/mol. The molecule has 1 aliphatic rings. The van der Waals surface area contributed by atoms with E-state index in [1.807, 2.05) is 0 Å². The Bertz CT molecular complexity index is 23.2. The third-order valence-electron chi connectivity index (χ3n) is 0.866. The molecule has 0 aliphatic carbocycles. The SMILES string of the molecule is CB1BC1. The van der Waals surface area contributed by atoms with E-state index in [1.54, 1.807) is 0 Å². The summed E-state index contributed by atoms with van der Waals surface area (Å²) in [5, 5.41) is 0. The van der Waals surface area contributed by atoms with Crippen LogP contribution in [-0.2, 0) is 0 Å². The van der Waals surface area contributed by atoms with E-state index in [2.05, 4.69) is 6.82 Å². The molecule has 0 spiro atoms. The molecule has 0 N–H and O–H groups in total. The maximum atomic E-state index is 2.28. The molecule has 20 valence electrons. The van der Waals surface area contributed by atoms with Crippen LogP contribution in [-0.4, -0.2) is 13.8 Å². The van der Waals surface area contributed by atoms with Crippen LogP contribution >= 0.6 is 0 Å². The summed E-state index contributed by atoms with van der Waals surface area (Å²) in [5.41, 5.74) is 0. The maximum absolute atomic E-state index is 2.28. The summed E-state index contributed by atoms with van der Waals surface area (Å²) < 4.78 is 0. The molecule has 1 aliphatic heterocycles. The van der Waals surface area contributed by atoms with Gasteiger partial charge in [-0.05, 0) is 0 Å². The minimum atomic E-state index is 1.08. The van der Waals surface area contributed by atoms with Gasteiger partial charge in [-0.3, -0.25) is 0 Å². The van der Waals surface area contributed by atoms with Crippen LogP contribution in [0.2, 0.25) is 13.0 Å². The molecule has 2 heteroatoms. The highest BCUT2D eigenvalue weighted by molar-refractivity contribution is 7.30. The van der Waals surface area contributed by atoms with Crippen molar-refractivity contribution < 1.29 is 0 Å². The predicted molar refractivity (Wildman–Crippen MR) is 23.6 cm³/mol. The number of hydrogen-bond donors (Lipinski definition) is 0. The highest BCUT2D eigenvalue weighted by Crippen LogP contribution is 2.03. The molecule has 0 nitrogen and oxygen atoms in total. The fourth-order valence-corrected chi connectivity index (χ4v) is 0.167. The van der Waals surface area contributed by atoms with Gasteiger partial charge in [0.05, 0.1) is 13.8 Å². The lowest BCUT2D eigenvalue weighted by Gasteiger charge is -1.46. The van der Waals surface area contributed by atoms with Gasteiger partial charge in [-0.2, -0.15) is 0 Å². The average Bonchev–Trinajstić information content (AvgIpc) is 1.75. The molecule has 0 saturated carbocycles. The highest BCUT2D eigenvalue weighted by atomic mass is 13.5. The second-order valence-electron chi connectivity index (χ2n) is 1.68. The van der Waals surface area contributed by atoms with E-state index < -0.39 is 0 Å². The first-order valence-electron chi connectivity index (χ1n) is 1.89. The summed E-state index contributed by atoms with van der Waals surface area (Å²) in [4.78, 5) is 0. The average molecular weight is 51.7 g/mol. The van der Waals surface area contributed by atoms with Crippen molar-refractivity contribution in [3.05, 3.63) is 0 Å². The minimum Gasteiger partial charge on any atom is -0.110 e. The first-order chi connectivity index (χ1) is 1.89. The van der Waals surface area contributed by atoms with E-state index in [0.717, 1.165) is 6.60 Å². The third kappa shape index (κ3) is 0.278. The van der Waals surface area contributed by atoms with Gasteiger partial charge in [0, 0.05) is 0 Å². The van der Waals surface area contributed by atoms with Gasteiger partial charge in [0.25, 0.3) is 0 Å². The molecule has 1 rings (SSSR count). The Morgan fingerprint density at radius 2 is 2.25 bits per heavy atom. The Labute approximate surface area is 27.9 Å². The molecule has 0 aromatic heterocycles. The zero-order chi connectivity index (χ0) is 2.99. The Balaban J connectivity index is 2.17. The molecule has 1 saturated heterocycles. The number of hydrogen-bond acceptors (Lipinski definition) is 0. The largest absolute Gasteiger partial charge is 0.110 e. The summed E-state index contributed by atoms with van der Waals surface area (Å²) >= 11 is 0. The molecule has 0 amide bonds. The Kier molecular flexibility index (Phi) is 0.320. The van der Waals surface area contributed by atoms with E-state index in [0.29, 0.717) is 0 Å². The van der Waals surface area contributed by atoms with E-state index in [4.69, 9.17) is 0 Å². The van der Waals surface area contributed by atoms with Crippen molar-refractivity contribution in [2.45, 2.75) is 13.0 Å². The molecule has 0 aromatic carbocycles. The molecule has 0 radical (unpaired) electrons. The minimum absolute atomic E-state index is 1.08. The van der Waals surface area contributed by atoms with Gasteiger partial charge in [0.15, 0.2) is 0 Å². The van der Waals surface area contributed by atoms with Crippen molar-refractivity contribution in [2.24, 2.45) is 0 Å². The van der Waals surface area contributed by atoms with Gasteiger partial charge in [-0.1, -0.05) is 6.82 Å². The van der Waals surface area contributed by atoms with Crippen LogP contribution in [0.15, 0.2) is 0 Å². The Morgan fingerprint density at radius 1 is 2.00 bits per heavy atom. The van der Waals surface area contributed by atoms with Crippen molar-refractivity contribution in [3.63, 3.8) is 0 Å². The Hall–Kier alpha value is 0.130.